The Hall–Kier alpha value is -3.33. The number of nitrogens with zero attached hydrogens (tertiary/aromatic N) is 2. The van der Waals surface area contributed by atoms with Crippen LogP contribution in [0.2, 0.25) is 0 Å². The molecule has 2 aromatic heterocycles. The molecule has 49 heavy (non-hydrogen) atoms. The van der Waals surface area contributed by atoms with Crippen molar-refractivity contribution in [1.29, 1.82) is 0 Å². The third kappa shape index (κ3) is 7.02. The lowest BCUT2D eigenvalue weighted by Gasteiger charge is -2.47. The van der Waals surface area contributed by atoms with Gasteiger partial charge in [0, 0.05) is 91.2 Å². The summed E-state index contributed by atoms with van der Waals surface area (Å²) < 4.78 is 0. The number of rotatable bonds is 10. The number of fused-ring (bicyclic) bond motifs is 4. The SMILES string of the molecule is C=CCN1C[C@H](CSCC(C)=O)C[C@@H]2c3cccc4[nH]cc(c34)C[C@H]21.CCCN1C[C@H](CNC(C)=O)C[C@@H]2c3cccc4[nH]cc(c34)C[C@H]21. The number of aromatic amines is 2. The quantitative estimate of drug-likeness (QED) is 0.157. The van der Waals surface area contributed by atoms with Gasteiger partial charge in [-0.25, -0.2) is 0 Å². The average Bonchev–Trinajstić information content (AvgIpc) is 3.71. The molecule has 6 atom stereocenters. The molecule has 2 aromatic carbocycles. The zero-order valence-corrected chi connectivity index (χ0v) is 30.3. The summed E-state index contributed by atoms with van der Waals surface area (Å²) in [6, 6.07) is 14.6. The molecule has 0 unspecified atom stereocenters. The summed E-state index contributed by atoms with van der Waals surface area (Å²) in [6.07, 6.45) is 12.3. The number of likely N-dealkylation sites (tertiary alicyclic amines) is 2. The minimum atomic E-state index is 0.0813. The maximum Gasteiger partial charge on any atom is 0.216 e. The van der Waals surface area contributed by atoms with E-state index in [4.69, 9.17) is 0 Å². The van der Waals surface area contributed by atoms with Gasteiger partial charge < -0.3 is 15.3 Å². The predicted molar refractivity (Wildman–Crippen MR) is 204 cm³/mol. The van der Waals surface area contributed by atoms with Gasteiger partial charge in [-0.2, -0.15) is 11.8 Å². The molecule has 7 nitrogen and oxygen atoms in total. The molecule has 2 aliphatic heterocycles. The fourth-order valence-electron chi connectivity index (χ4n) is 9.64. The number of aromatic nitrogens is 2. The van der Waals surface area contributed by atoms with E-state index < -0.39 is 0 Å². The number of Topliss-reactive ketones (excluding diaryl/α,β-unsaturated/α-hetero) is 1. The highest BCUT2D eigenvalue weighted by Gasteiger charge is 2.41. The molecule has 8 rings (SSSR count). The number of amides is 1. The summed E-state index contributed by atoms with van der Waals surface area (Å²) in [7, 11) is 0. The van der Waals surface area contributed by atoms with E-state index in [1.165, 1.54) is 63.3 Å². The molecule has 4 aromatic rings. The van der Waals surface area contributed by atoms with E-state index in [-0.39, 0.29) is 11.7 Å². The molecule has 0 bridgehead atoms. The summed E-state index contributed by atoms with van der Waals surface area (Å²) in [5.41, 5.74) is 8.50. The largest absolute Gasteiger partial charge is 0.361 e. The summed E-state index contributed by atoms with van der Waals surface area (Å²) in [6.45, 7) is 14.7. The van der Waals surface area contributed by atoms with Crippen LogP contribution >= 0.6 is 11.8 Å². The molecule has 8 heteroatoms. The van der Waals surface area contributed by atoms with Gasteiger partial charge in [0.05, 0.1) is 5.75 Å². The summed E-state index contributed by atoms with van der Waals surface area (Å²) >= 11 is 1.80. The van der Waals surface area contributed by atoms with Gasteiger partial charge in [-0.3, -0.25) is 19.4 Å². The number of hydrogen-bond acceptors (Lipinski definition) is 5. The molecule has 2 saturated heterocycles. The lowest BCUT2D eigenvalue weighted by atomic mass is 9.72. The molecule has 2 aliphatic carbocycles. The fraction of sp³-hybridized carbons (Fsp3) is 0.512. The number of thioether (sulfide) groups is 1. The molecular weight excluding hydrogens is 627 g/mol. The minimum Gasteiger partial charge on any atom is -0.361 e. The van der Waals surface area contributed by atoms with E-state index in [9.17, 15) is 9.59 Å². The highest BCUT2D eigenvalue weighted by molar-refractivity contribution is 7.99. The van der Waals surface area contributed by atoms with Crippen molar-refractivity contribution >= 4 is 45.3 Å². The van der Waals surface area contributed by atoms with Crippen molar-refractivity contribution in [3.05, 3.63) is 83.7 Å². The molecule has 3 N–H and O–H groups in total. The van der Waals surface area contributed by atoms with Crippen LogP contribution < -0.4 is 5.32 Å². The van der Waals surface area contributed by atoms with Gasteiger partial charge in [0.2, 0.25) is 5.91 Å². The average molecular weight is 680 g/mol. The number of carbonyl (C=O) groups is 2. The number of nitrogens with one attached hydrogen (secondary N) is 3. The van der Waals surface area contributed by atoms with Crippen LogP contribution in [0.1, 0.15) is 74.1 Å². The maximum absolute atomic E-state index is 11.3. The highest BCUT2D eigenvalue weighted by atomic mass is 32.2. The molecule has 0 radical (unpaired) electrons. The first-order chi connectivity index (χ1) is 23.8. The van der Waals surface area contributed by atoms with Gasteiger partial charge in [0.15, 0.2) is 0 Å². The molecule has 4 heterocycles. The van der Waals surface area contributed by atoms with Crippen LogP contribution in [0.25, 0.3) is 21.8 Å². The van der Waals surface area contributed by atoms with Crippen LogP contribution in [0, 0.1) is 11.8 Å². The summed E-state index contributed by atoms with van der Waals surface area (Å²) in [5.74, 6) is 4.42. The van der Waals surface area contributed by atoms with E-state index in [0.717, 1.165) is 51.3 Å². The van der Waals surface area contributed by atoms with Crippen LogP contribution in [-0.4, -0.2) is 87.8 Å². The normalized spacial score (nSPS) is 26.0. The van der Waals surface area contributed by atoms with E-state index in [1.807, 2.05) is 6.08 Å². The number of hydrogen-bond donors (Lipinski definition) is 3. The third-order valence-corrected chi connectivity index (χ3v) is 12.8. The minimum absolute atomic E-state index is 0.0813. The van der Waals surface area contributed by atoms with E-state index >= 15 is 0 Å². The second-order valence-corrected chi connectivity index (χ2v) is 16.0. The summed E-state index contributed by atoms with van der Waals surface area (Å²) in [4.78, 5) is 34.8. The van der Waals surface area contributed by atoms with Crippen molar-refractivity contribution in [3.8, 4) is 0 Å². The number of H-pyrrole nitrogens is 2. The molecular formula is C41H53N5O2S. The van der Waals surface area contributed by atoms with Crippen molar-refractivity contribution in [2.45, 2.75) is 76.8 Å². The molecule has 0 saturated carbocycles. The zero-order chi connectivity index (χ0) is 34.1. The fourth-order valence-corrected chi connectivity index (χ4v) is 10.6. The topological polar surface area (TPSA) is 84.2 Å². The maximum atomic E-state index is 11.3. The van der Waals surface area contributed by atoms with Gasteiger partial charge in [-0.05, 0) is 97.5 Å². The molecule has 2 fully saturated rings. The van der Waals surface area contributed by atoms with Gasteiger partial charge in [-0.15, -0.1) is 6.58 Å². The first-order valence-corrected chi connectivity index (χ1v) is 19.6. The molecule has 260 valence electrons. The smallest absolute Gasteiger partial charge is 0.216 e. The van der Waals surface area contributed by atoms with Crippen LogP contribution in [0.15, 0.2) is 61.4 Å². The Kier molecular flexibility index (Phi) is 10.4. The Morgan fingerprint density at radius 3 is 2.06 bits per heavy atom. The predicted octanol–water partition coefficient (Wildman–Crippen LogP) is 7.05. The van der Waals surface area contributed by atoms with Gasteiger partial charge in [0.25, 0.3) is 0 Å². The Labute approximate surface area is 295 Å². The van der Waals surface area contributed by atoms with E-state index in [1.54, 1.807) is 25.6 Å². The highest BCUT2D eigenvalue weighted by Crippen LogP contribution is 2.46. The van der Waals surface area contributed by atoms with Crippen LogP contribution in [0.5, 0.6) is 0 Å². The number of benzene rings is 2. The van der Waals surface area contributed by atoms with Crippen LogP contribution in [0.4, 0.5) is 0 Å². The molecule has 4 aliphatic rings. The van der Waals surface area contributed by atoms with Gasteiger partial charge in [-0.1, -0.05) is 37.3 Å². The van der Waals surface area contributed by atoms with E-state index in [0.29, 0.717) is 41.5 Å². The number of ketones is 1. The Morgan fingerprint density at radius 1 is 0.898 bits per heavy atom. The molecule has 1 amide bonds. The van der Waals surface area contributed by atoms with E-state index in [2.05, 4.69) is 87.4 Å². The number of piperidine rings is 2. The van der Waals surface area contributed by atoms with Crippen LogP contribution in [-0.2, 0) is 22.4 Å². The standard InChI is InChI=1S/C21H26N2OS.C20H27N3O/c1-3-7-23-11-15(13-25-12-14(2)24)8-18-17-5-4-6-19-21(17)16(10-22-19)9-20(18)23;1-3-7-23-12-14(10-21-13(2)24)8-17-16-5-4-6-18-20(16)15(11-22-18)9-19(17)23/h3-6,10,15,18,20,22H,1,7-9,11-13H2,2H3;4-6,11,14,17,19,22H,3,7-10,12H2,1-2H3,(H,21,24)/t15-,18-,20-;14-,17+,19+/m10/s1. The van der Waals surface area contributed by atoms with Crippen molar-refractivity contribution in [2.75, 3.05) is 44.2 Å². The Balaban J connectivity index is 0.000000154. The lowest BCUT2D eigenvalue weighted by Crippen LogP contribution is -2.52. The summed E-state index contributed by atoms with van der Waals surface area (Å²) in [5, 5.41) is 5.95. The Morgan fingerprint density at radius 2 is 1.49 bits per heavy atom. The van der Waals surface area contributed by atoms with Gasteiger partial charge >= 0.3 is 0 Å². The second kappa shape index (κ2) is 14.9. The van der Waals surface area contributed by atoms with Crippen molar-refractivity contribution in [3.63, 3.8) is 0 Å². The first kappa shape index (κ1) is 34.1. The van der Waals surface area contributed by atoms with Crippen molar-refractivity contribution < 1.29 is 9.59 Å². The number of carbonyl (C=O) groups excluding carboxylic acids is 2. The molecule has 0 spiro atoms. The second-order valence-electron chi connectivity index (χ2n) is 15.0. The first-order valence-electron chi connectivity index (χ1n) is 18.4. The lowest BCUT2D eigenvalue weighted by molar-refractivity contribution is -0.119. The van der Waals surface area contributed by atoms with Crippen LogP contribution in [0.3, 0.4) is 0 Å². The van der Waals surface area contributed by atoms with Crippen molar-refractivity contribution in [1.82, 2.24) is 25.1 Å². The van der Waals surface area contributed by atoms with Crippen molar-refractivity contribution in [2.24, 2.45) is 11.8 Å². The Bertz CT molecular complexity index is 1810. The third-order valence-electron chi connectivity index (χ3n) is 11.5. The zero-order valence-electron chi connectivity index (χ0n) is 29.5. The van der Waals surface area contributed by atoms with Gasteiger partial charge in [0.1, 0.15) is 5.78 Å². The monoisotopic (exact) mass is 679 g/mol.